The third-order valence-corrected chi connectivity index (χ3v) is 2.49. The van der Waals surface area contributed by atoms with E-state index in [4.69, 9.17) is 5.73 Å². The first-order valence-corrected chi connectivity index (χ1v) is 5.39. The lowest BCUT2D eigenvalue weighted by molar-refractivity contribution is 0.940. The minimum atomic E-state index is 0.217. The molecule has 0 radical (unpaired) electrons. The van der Waals surface area contributed by atoms with Gasteiger partial charge in [0, 0.05) is 5.56 Å². The molecule has 2 heterocycles. The van der Waals surface area contributed by atoms with Crippen LogP contribution in [0.4, 0.5) is 5.95 Å². The van der Waals surface area contributed by atoms with Crippen molar-refractivity contribution in [3.8, 4) is 22.6 Å². The van der Waals surface area contributed by atoms with E-state index in [9.17, 15) is 0 Å². The van der Waals surface area contributed by atoms with Gasteiger partial charge in [-0.1, -0.05) is 30.3 Å². The number of anilines is 1. The van der Waals surface area contributed by atoms with E-state index in [1.54, 1.807) is 6.20 Å². The van der Waals surface area contributed by atoms with Gasteiger partial charge in [-0.3, -0.25) is 0 Å². The molecule has 0 aliphatic carbocycles. The summed E-state index contributed by atoms with van der Waals surface area (Å²) in [6, 6.07) is 11.6. The average molecular weight is 238 g/mol. The Labute approximate surface area is 103 Å². The Bertz CT molecular complexity index is 648. The van der Waals surface area contributed by atoms with E-state index in [-0.39, 0.29) is 5.95 Å². The second kappa shape index (κ2) is 4.25. The number of aromatic nitrogens is 5. The first-order chi connectivity index (χ1) is 8.83. The van der Waals surface area contributed by atoms with Crippen LogP contribution in [0.2, 0.25) is 0 Å². The van der Waals surface area contributed by atoms with Crippen LogP contribution < -0.4 is 5.73 Å². The number of hydrogen-bond acceptors (Lipinski definition) is 5. The SMILES string of the molecule is Nc1nc(-c2ccccc2)cc(-c2cn[nH]n2)n1. The largest absolute Gasteiger partial charge is 0.368 e. The quantitative estimate of drug-likeness (QED) is 0.705. The smallest absolute Gasteiger partial charge is 0.221 e. The van der Waals surface area contributed by atoms with E-state index in [0.717, 1.165) is 11.3 Å². The van der Waals surface area contributed by atoms with Crippen molar-refractivity contribution >= 4 is 5.95 Å². The van der Waals surface area contributed by atoms with Crippen molar-refractivity contribution in [1.82, 2.24) is 25.4 Å². The topological polar surface area (TPSA) is 93.4 Å². The Morgan fingerprint density at radius 2 is 1.72 bits per heavy atom. The fraction of sp³-hybridized carbons (Fsp3) is 0. The average Bonchev–Trinajstić information content (AvgIpc) is 2.93. The van der Waals surface area contributed by atoms with Crippen molar-refractivity contribution in [2.75, 3.05) is 5.73 Å². The Balaban J connectivity index is 2.12. The molecule has 0 atom stereocenters. The van der Waals surface area contributed by atoms with Gasteiger partial charge in [0.15, 0.2) is 0 Å². The summed E-state index contributed by atoms with van der Waals surface area (Å²) in [6.45, 7) is 0. The summed E-state index contributed by atoms with van der Waals surface area (Å²) >= 11 is 0. The fourth-order valence-electron chi connectivity index (χ4n) is 1.68. The molecular formula is C12H10N6. The van der Waals surface area contributed by atoms with Crippen LogP contribution in [0.3, 0.4) is 0 Å². The molecule has 18 heavy (non-hydrogen) atoms. The van der Waals surface area contributed by atoms with Crippen LogP contribution in [0.1, 0.15) is 0 Å². The first-order valence-electron chi connectivity index (χ1n) is 5.39. The molecule has 1 aromatic carbocycles. The van der Waals surface area contributed by atoms with Crippen molar-refractivity contribution in [1.29, 1.82) is 0 Å². The number of rotatable bonds is 2. The number of benzene rings is 1. The van der Waals surface area contributed by atoms with E-state index in [1.165, 1.54) is 0 Å². The number of nitrogens with two attached hydrogens (primary N) is 1. The van der Waals surface area contributed by atoms with Crippen LogP contribution in [0.15, 0.2) is 42.6 Å². The second-order valence-electron chi connectivity index (χ2n) is 3.72. The number of H-pyrrole nitrogens is 1. The molecule has 6 heteroatoms. The molecule has 0 bridgehead atoms. The molecule has 0 unspecified atom stereocenters. The molecule has 6 nitrogen and oxygen atoms in total. The third-order valence-electron chi connectivity index (χ3n) is 2.49. The summed E-state index contributed by atoms with van der Waals surface area (Å²) in [7, 11) is 0. The van der Waals surface area contributed by atoms with E-state index < -0.39 is 0 Å². The Kier molecular flexibility index (Phi) is 2.45. The highest BCUT2D eigenvalue weighted by atomic mass is 15.3. The van der Waals surface area contributed by atoms with Crippen molar-refractivity contribution in [2.45, 2.75) is 0 Å². The predicted octanol–water partition coefficient (Wildman–Crippen LogP) is 1.51. The van der Waals surface area contributed by atoms with E-state index in [1.807, 2.05) is 36.4 Å². The maximum absolute atomic E-state index is 5.72. The molecule has 88 valence electrons. The normalized spacial score (nSPS) is 10.4. The zero-order valence-corrected chi connectivity index (χ0v) is 9.41. The highest BCUT2D eigenvalue weighted by molar-refractivity contribution is 5.66. The first kappa shape index (κ1) is 10.4. The third kappa shape index (κ3) is 1.91. The van der Waals surface area contributed by atoms with Gasteiger partial charge in [-0.05, 0) is 6.07 Å². The molecule has 0 aliphatic rings. The van der Waals surface area contributed by atoms with E-state index >= 15 is 0 Å². The minimum absolute atomic E-state index is 0.217. The number of aromatic amines is 1. The maximum Gasteiger partial charge on any atom is 0.221 e. The highest BCUT2D eigenvalue weighted by Crippen LogP contribution is 2.22. The zero-order valence-electron chi connectivity index (χ0n) is 9.41. The van der Waals surface area contributed by atoms with Crippen molar-refractivity contribution in [3.63, 3.8) is 0 Å². The molecular weight excluding hydrogens is 228 g/mol. The molecule has 0 fully saturated rings. The molecule has 3 rings (SSSR count). The zero-order chi connectivity index (χ0) is 12.4. The number of nitrogen functional groups attached to an aromatic ring is 1. The van der Waals surface area contributed by atoms with E-state index in [2.05, 4.69) is 25.4 Å². The summed E-state index contributed by atoms with van der Waals surface area (Å²) in [5.74, 6) is 0.217. The van der Waals surface area contributed by atoms with Crippen LogP contribution in [-0.2, 0) is 0 Å². The lowest BCUT2D eigenvalue weighted by Gasteiger charge is -2.03. The van der Waals surface area contributed by atoms with Crippen LogP contribution in [0.25, 0.3) is 22.6 Å². The van der Waals surface area contributed by atoms with Gasteiger partial charge in [0.1, 0.15) is 5.69 Å². The Morgan fingerprint density at radius 1 is 0.944 bits per heavy atom. The highest BCUT2D eigenvalue weighted by Gasteiger charge is 2.08. The van der Waals surface area contributed by atoms with Gasteiger partial charge < -0.3 is 5.73 Å². The summed E-state index contributed by atoms with van der Waals surface area (Å²) in [5, 5.41) is 10.3. The molecule has 0 saturated heterocycles. The van der Waals surface area contributed by atoms with Gasteiger partial charge in [-0.25, -0.2) is 9.97 Å². The fourth-order valence-corrected chi connectivity index (χ4v) is 1.68. The second-order valence-corrected chi connectivity index (χ2v) is 3.72. The molecule has 0 aliphatic heterocycles. The van der Waals surface area contributed by atoms with Gasteiger partial charge in [0.2, 0.25) is 5.95 Å². The van der Waals surface area contributed by atoms with Crippen LogP contribution in [0, 0.1) is 0 Å². The summed E-state index contributed by atoms with van der Waals surface area (Å²) in [4.78, 5) is 8.37. The molecule has 0 saturated carbocycles. The Hall–Kier alpha value is -2.76. The molecule has 3 aromatic rings. The summed E-state index contributed by atoms with van der Waals surface area (Å²) in [5.41, 5.74) is 8.76. The van der Waals surface area contributed by atoms with Crippen molar-refractivity contribution in [3.05, 3.63) is 42.6 Å². The van der Waals surface area contributed by atoms with Crippen molar-refractivity contribution < 1.29 is 0 Å². The maximum atomic E-state index is 5.72. The van der Waals surface area contributed by atoms with Gasteiger partial charge in [-0.15, -0.1) is 0 Å². The van der Waals surface area contributed by atoms with E-state index in [0.29, 0.717) is 11.4 Å². The number of hydrogen-bond donors (Lipinski definition) is 2. The van der Waals surface area contributed by atoms with Crippen LogP contribution >= 0.6 is 0 Å². The lowest BCUT2D eigenvalue weighted by atomic mass is 10.1. The number of nitrogens with one attached hydrogen (secondary N) is 1. The molecule has 0 spiro atoms. The standard InChI is InChI=1S/C12H10N6/c13-12-15-9(8-4-2-1-3-5-8)6-10(16-12)11-7-14-18-17-11/h1-7H,(H2,13,15,16)(H,14,17,18). The minimum Gasteiger partial charge on any atom is -0.368 e. The summed E-state index contributed by atoms with van der Waals surface area (Å²) < 4.78 is 0. The van der Waals surface area contributed by atoms with Gasteiger partial charge >= 0.3 is 0 Å². The molecule has 2 aromatic heterocycles. The van der Waals surface area contributed by atoms with Crippen LogP contribution in [0.5, 0.6) is 0 Å². The summed E-state index contributed by atoms with van der Waals surface area (Å²) in [6.07, 6.45) is 1.59. The lowest BCUT2D eigenvalue weighted by Crippen LogP contribution is -1.98. The van der Waals surface area contributed by atoms with Crippen LogP contribution in [-0.4, -0.2) is 25.4 Å². The number of nitrogens with zero attached hydrogens (tertiary/aromatic N) is 4. The Morgan fingerprint density at radius 3 is 2.44 bits per heavy atom. The van der Waals surface area contributed by atoms with Gasteiger partial charge in [0.05, 0.1) is 17.6 Å². The predicted molar refractivity (Wildman–Crippen MR) is 67.3 cm³/mol. The van der Waals surface area contributed by atoms with Crippen molar-refractivity contribution in [2.24, 2.45) is 0 Å². The van der Waals surface area contributed by atoms with Gasteiger partial charge in [-0.2, -0.15) is 15.4 Å². The molecule has 0 amide bonds. The van der Waals surface area contributed by atoms with Gasteiger partial charge in [0.25, 0.3) is 0 Å². The monoisotopic (exact) mass is 238 g/mol. The molecule has 3 N–H and O–H groups in total.